The molecule has 0 aromatic heterocycles. The normalized spacial score (nSPS) is 11.2. The molecule has 0 radical (unpaired) electrons. The zero-order valence-corrected chi connectivity index (χ0v) is 16.1. The Hall–Kier alpha value is -1.57. The molecule has 124 valence electrons. The maximum absolute atomic E-state index is 12.2. The van der Waals surface area contributed by atoms with E-state index in [1.165, 1.54) is 12.1 Å². The number of hydrogen-bond acceptors (Lipinski definition) is 2. The van der Waals surface area contributed by atoms with Crippen LogP contribution in [-0.2, 0) is 4.79 Å². The minimum absolute atomic E-state index is 0.0378. The average Bonchev–Trinajstić information content (AvgIpc) is 2.51. The Balaban J connectivity index is 2.24. The summed E-state index contributed by atoms with van der Waals surface area (Å²) in [4.78, 5) is 23.4. The van der Waals surface area contributed by atoms with Crippen LogP contribution in [0.15, 0.2) is 42.5 Å². The fraction of sp³-hybridized carbons (Fsp3) is 0.0588. The van der Waals surface area contributed by atoms with Crippen LogP contribution in [0.4, 0.5) is 5.69 Å². The first-order valence-electron chi connectivity index (χ1n) is 6.75. The number of allylic oxidation sites excluding steroid dienone is 1. The molecule has 0 unspecified atom stereocenters. The van der Waals surface area contributed by atoms with Crippen molar-refractivity contribution >= 4 is 68.9 Å². The molecule has 24 heavy (non-hydrogen) atoms. The van der Waals surface area contributed by atoms with Gasteiger partial charge in [0.25, 0.3) is 0 Å². The van der Waals surface area contributed by atoms with Gasteiger partial charge in [0.15, 0.2) is 0 Å². The fourth-order valence-electron chi connectivity index (χ4n) is 1.99. The highest BCUT2D eigenvalue weighted by Crippen LogP contribution is 2.26. The third-order valence-corrected chi connectivity index (χ3v) is 4.60. The topological polar surface area (TPSA) is 66.4 Å². The molecule has 2 rings (SSSR count). The number of anilines is 1. The molecule has 0 saturated heterocycles. The third-order valence-electron chi connectivity index (χ3n) is 3.19. The van der Waals surface area contributed by atoms with Crippen molar-refractivity contribution in [3.05, 3.63) is 67.2 Å². The fourth-order valence-corrected chi connectivity index (χ4v) is 2.78. The van der Waals surface area contributed by atoms with E-state index in [1.807, 2.05) is 22.6 Å². The van der Waals surface area contributed by atoms with Gasteiger partial charge in [0.1, 0.15) is 0 Å². The molecule has 7 heteroatoms. The lowest BCUT2D eigenvalue weighted by Crippen LogP contribution is -2.12. The third kappa shape index (κ3) is 4.72. The van der Waals surface area contributed by atoms with Crippen LogP contribution in [-0.4, -0.2) is 17.0 Å². The Morgan fingerprint density at radius 1 is 1.12 bits per heavy atom. The number of hydrogen-bond donors (Lipinski definition) is 2. The van der Waals surface area contributed by atoms with E-state index < -0.39 is 11.9 Å². The number of carboxylic acid groups (broad SMARTS) is 1. The SMILES string of the molecule is C/C(=C/C(=O)Nc1ccc(I)cc1C(=O)O)c1ccc(Cl)c(Cl)c1. The van der Waals surface area contributed by atoms with Crippen LogP contribution < -0.4 is 5.32 Å². The van der Waals surface area contributed by atoms with Gasteiger partial charge in [-0.05, 0) is 71.0 Å². The van der Waals surface area contributed by atoms with Crippen molar-refractivity contribution in [3.63, 3.8) is 0 Å². The second-order valence-electron chi connectivity index (χ2n) is 4.94. The van der Waals surface area contributed by atoms with Crippen molar-refractivity contribution < 1.29 is 14.7 Å². The molecular weight excluding hydrogens is 464 g/mol. The number of amides is 1. The van der Waals surface area contributed by atoms with Crippen molar-refractivity contribution in [1.82, 2.24) is 0 Å². The summed E-state index contributed by atoms with van der Waals surface area (Å²) in [7, 11) is 0. The summed E-state index contributed by atoms with van der Waals surface area (Å²) in [6.45, 7) is 1.76. The molecule has 0 aliphatic carbocycles. The van der Waals surface area contributed by atoms with Gasteiger partial charge in [-0.25, -0.2) is 4.79 Å². The van der Waals surface area contributed by atoms with Crippen LogP contribution in [0.25, 0.3) is 5.57 Å². The van der Waals surface area contributed by atoms with E-state index in [0.717, 1.165) is 9.13 Å². The minimum atomic E-state index is -1.10. The van der Waals surface area contributed by atoms with Crippen LogP contribution in [0.5, 0.6) is 0 Å². The highest BCUT2D eigenvalue weighted by atomic mass is 127. The number of halogens is 3. The highest BCUT2D eigenvalue weighted by Gasteiger charge is 2.12. The lowest BCUT2D eigenvalue weighted by molar-refractivity contribution is -0.111. The maximum Gasteiger partial charge on any atom is 0.337 e. The van der Waals surface area contributed by atoms with Gasteiger partial charge in [-0.3, -0.25) is 4.79 Å². The van der Waals surface area contributed by atoms with E-state index in [9.17, 15) is 14.7 Å². The number of aromatic carboxylic acids is 1. The molecule has 2 aromatic rings. The number of carbonyl (C=O) groups excluding carboxylic acids is 1. The molecule has 0 fully saturated rings. The number of benzene rings is 2. The van der Waals surface area contributed by atoms with Crippen molar-refractivity contribution in [2.24, 2.45) is 0 Å². The summed E-state index contributed by atoms with van der Waals surface area (Å²) < 4.78 is 0.769. The lowest BCUT2D eigenvalue weighted by atomic mass is 10.1. The summed E-state index contributed by atoms with van der Waals surface area (Å²) >= 11 is 13.9. The van der Waals surface area contributed by atoms with Crippen LogP contribution in [0.2, 0.25) is 10.0 Å². The molecule has 0 aliphatic rings. The second-order valence-corrected chi connectivity index (χ2v) is 7.00. The second kappa shape index (κ2) is 8.00. The average molecular weight is 476 g/mol. The molecule has 1 amide bonds. The summed E-state index contributed by atoms with van der Waals surface area (Å²) in [5, 5.41) is 12.6. The van der Waals surface area contributed by atoms with Gasteiger partial charge in [-0.2, -0.15) is 0 Å². The molecular formula is C17H12Cl2INO3. The van der Waals surface area contributed by atoms with E-state index >= 15 is 0 Å². The van der Waals surface area contributed by atoms with Gasteiger partial charge in [0, 0.05) is 9.65 Å². The Kier molecular flexibility index (Phi) is 6.26. The van der Waals surface area contributed by atoms with Crippen LogP contribution in [0.3, 0.4) is 0 Å². The zero-order chi connectivity index (χ0) is 17.9. The summed E-state index contributed by atoms with van der Waals surface area (Å²) in [6, 6.07) is 9.84. The first-order chi connectivity index (χ1) is 11.3. The molecule has 0 aliphatic heterocycles. The Labute approximate surface area is 162 Å². The van der Waals surface area contributed by atoms with Crippen molar-refractivity contribution in [1.29, 1.82) is 0 Å². The standard InChI is InChI=1S/C17H12Cl2INO3/c1-9(10-2-4-13(18)14(19)7-10)6-16(22)21-15-5-3-11(20)8-12(15)17(23)24/h2-8H,1H3,(H,21,22)(H,23,24)/b9-6-. The molecule has 0 heterocycles. The largest absolute Gasteiger partial charge is 0.478 e. The molecule has 2 aromatic carbocycles. The van der Waals surface area contributed by atoms with Crippen LogP contribution in [0.1, 0.15) is 22.8 Å². The molecule has 0 spiro atoms. The van der Waals surface area contributed by atoms with Crippen molar-refractivity contribution in [2.75, 3.05) is 5.32 Å². The van der Waals surface area contributed by atoms with Gasteiger partial charge >= 0.3 is 5.97 Å². The van der Waals surface area contributed by atoms with Gasteiger partial charge in [0.2, 0.25) is 5.91 Å². The minimum Gasteiger partial charge on any atom is -0.478 e. The van der Waals surface area contributed by atoms with E-state index in [-0.39, 0.29) is 11.3 Å². The predicted molar refractivity (Wildman–Crippen MR) is 105 cm³/mol. The number of carbonyl (C=O) groups is 2. The van der Waals surface area contributed by atoms with E-state index in [0.29, 0.717) is 15.6 Å². The van der Waals surface area contributed by atoms with E-state index in [4.69, 9.17) is 23.2 Å². The Morgan fingerprint density at radius 3 is 2.46 bits per heavy atom. The number of rotatable bonds is 4. The highest BCUT2D eigenvalue weighted by molar-refractivity contribution is 14.1. The molecule has 0 bridgehead atoms. The van der Waals surface area contributed by atoms with Gasteiger partial charge in [-0.1, -0.05) is 29.3 Å². The van der Waals surface area contributed by atoms with E-state index in [2.05, 4.69) is 5.32 Å². The van der Waals surface area contributed by atoms with Gasteiger partial charge in [0.05, 0.1) is 21.3 Å². The van der Waals surface area contributed by atoms with Gasteiger partial charge in [-0.15, -0.1) is 0 Å². The van der Waals surface area contributed by atoms with Crippen molar-refractivity contribution in [2.45, 2.75) is 6.92 Å². The maximum atomic E-state index is 12.2. The number of carboxylic acids is 1. The molecule has 4 nitrogen and oxygen atoms in total. The lowest BCUT2D eigenvalue weighted by Gasteiger charge is -2.08. The van der Waals surface area contributed by atoms with Gasteiger partial charge < -0.3 is 10.4 Å². The first kappa shape index (κ1) is 18.8. The predicted octanol–water partition coefficient (Wildman–Crippen LogP) is 5.34. The first-order valence-corrected chi connectivity index (χ1v) is 8.59. The monoisotopic (exact) mass is 475 g/mol. The van der Waals surface area contributed by atoms with Crippen LogP contribution >= 0.6 is 45.8 Å². The molecule has 2 N–H and O–H groups in total. The summed E-state index contributed by atoms with van der Waals surface area (Å²) in [6.07, 6.45) is 1.38. The van der Waals surface area contributed by atoms with E-state index in [1.54, 1.807) is 37.3 Å². The smallest absolute Gasteiger partial charge is 0.337 e. The van der Waals surface area contributed by atoms with Crippen LogP contribution in [0, 0.1) is 3.57 Å². The Bertz CT molecular complexity index is 850. The number of nitrogens with one attached hydrogen (secondary N) is 1. The quantitative estimate of drug-likeness (QED) is 0.463. The Morgan fingerprint density at radius 2 is 1.83 bits per heavy atom. The molecule has 0 saturated carbocycles. The van der Waals surface area contributed by atoms with Crippen molar-refractivity contribution in [3.8, 4) is 0 Å². The zero-order valence-electron chi connectivity index (χ0n) is 12.4. The summed E-state index contributed by atoms with van der Waals surface area (Å²) in [5.74, 6) is -1.53. The molecule has 0 atom stereocenters. The summed E-state index contributed by atoms with van der Waals surface area (Å²) in [5.41, 5.74) is 1.70.